The maximum atomic E-state index is 13.4. The van der Waals surface area contributed by atoms with Gasteiger partial charge in [0.1, 0.15) is 24.6 Å². The number of aromatic amines is 1. The van der Waals surface area contributed by atoms with Gasteiger partial charge in [0.15, 0.2) is 0 Å². The molecule has 3 aromatic carbocycles. The first-order valence-corrected chi connectivity index (χ1v) is 10.7. The molecule has 4 N–H and O–H groups in total. The number of fused-ring (bicyclic) bond motifs is 4. The summed E-state index contributed by atoms with van der Waals surface area (Å²) in [6.45, 7) is -0.0434. The number of ether oxygens (including phenoxy) is 1. The summed E-state index contributed by atoms with van der Waals surface area (Å²) in [6.07, 6.45) is -1.69. The zero-order chi connectivity index (χ0) is 22.9. The van der Waals surface area contributed by atoms with E-state index in [1.165, 1.54) is 24.4 Å². The molecule has 1 aromatic heterocycles. The second kappa shape index (κ2) is 8.69. The molecule has 168 valence electrons. The minimum atomic E-state index is -1.27. The summed E-state index contributed by atoms with van der Waals surface area (Å²) in [6, 6.07) is 20.2. The number of benzene rings is 3. The van der Waals surface area contributed by atoms with Crippen LogP contribution in [0.4, 0.5) is 9.18 Å². The van der Waals surface area contributed by atoms with Gasteiger partial charge in [-0.2, -0.15) is 0 Å². The lowest BCUT2D eigenvalue weighted by Gasteiger charge is -2.19. The Morgan fingerprint density at radius 3 is 2.39 bits per heavy atom. The smallest absolute Gasteiger partial charge is 0.407 e. The third kappa shape index (κ3) is 3.97. The normalized spacial score (nSPS) is 14.5. The molecule has 1 amide bonds. The lowest BCUT2D eigenvalue weighted by Crippen LogP contribution is -2.36. The predicted molar refractivity (Wildman–Crippen MR) is 122 cm³/mol. The van der Waals surface area contributed by atoms with Crippen molar-refractivity contribution in [3.8, 4) is 11.1 Å². The van der Waals surface area contributed by atoms with Crippen LogP contribution >= 0.6 is 0 Å². The Hall–Kier alpha value is -3.68. The number of carbonyl (C=O) groups is 1. The van der Waals surface area contributed by atoms with Crippen LogP contribution in [0.3, 0.4) is 0 Å². The van der Waals surface area contributed by atoms with Gasteiger partial charge in [-0.1, -0.05) is 48.5 Å². The van der Waals surface area contributed by atoms with Crippen molar-refractivity contribution in [2.75, 3.05) is 13.2 Å². The molecule has 7 heteroatoms. The molecule has 1 aliphatic rings. The first-order valence-electron chi connectivity index (χ1n) is 10.7. The molecule has 1 aliphatic carbocycles. The Morgan fingerprint density at radius 1 is 1.03 bits per heavy atom. The first kappa shape index (κ1) is 21.2. The highest BCUT2D eigenvalue weighted by atomic mass is 19.1. The second-order valence-electron chi connectivity index (χ2n) is 8.15. The standard InChI is InChI=1S/C26H23FN2O4/c27-15-9-10-20-21(12-28-23(20)11-15)25(31)24(30)13-29-26(32)33-14-22-18-7-3-1-5-16(18)17-6-2-4-8-19(17)22/h1-12,22,24-25,28,30-31H,13-14H2,(H,29,32). The molecule has 4 aromatic rings. The average molecular weight is 446 g/mol. The molecule has 5 rings (SSSR count). The third-order valence-electron chi connectivity index (χ3n) is 6.16. The molecule has 2 atom stereocenters. The number of aliphatic hydroxyl groups is 2. The Labute approximate surface area is 189 Å². The molecule has 2 unspecified atom stereocenters. The van der Waals surface area contributed by atoms with Crippen molar-refractivity contribution in [1.82, 2.24) is 10.3 Å². The minimum absolute atomic E-state index is 0.0646. The number of hydrogen-bond acceptors (Lipinski definition) is 4. The molecule has 6 nitrogen and oxygen atoms in total. The van der Waals surface area contributed by atoms with Crippen LogP contribution in [0.2, 0.25) is 0 Å². The average Bonchev–Trinajstić information content (AvgIpc) is 3.39. The van der Waals surface area contributed by atoms with Gasteiger partial charge in [0.05, 0.1) is 0 Å². The number of alkyl carbamates (subject to hydrolysis) is 1. The van der Waals surface area contributed by atoms with E-state index in [2.05, 4.69) is 22.4 Å². The molecule has 0 fully saturated rings. The van der Waals surface area contributed by atoms with E-state index >= 15 is 0 Å². The van der Waals surface area contributed by atoms with Gasteiger partial charge in [0.25, 0.3) is 0 Å². The van der Waals surface area contributed by atoms with Crippen molar-refractivity contribution in [1.29, 1.82) is 0 Å². The monoisotopic (exact) mass is 446 g/mol. The second-order valence-corrected chi connectivity index (χ2v) is 8.15. The summed E-state index contributed by atoms with van der Waals surface area (Å²) < 4.78 is 18.8. The number of H-pyrrole nitrogens is 1. The Kier molecular flexibility index (Phi) is 5.58. The van der Waals surface area contributed by atoms with Crippen LogP contribution in [0.1, 0.15) is 28.7 Å². The van der Waals surface area contributed by atoms with E-state index in [9.17, 15) is 19.4 Å². The fourth-order valence-corrected chi connectivity index (χ4v) is 4.52. The lowest BCUT2D eigenvalue weighted by atomic mass is 9.98. The highest BCUT2D eigenvalue weighted by Gasteiger charge is 2.29. The summed E-state index contributed by atoms with van der Waals surface area (Å²) in [5.74, 6) is -0.465. The van der Waals surface area contributed by atoms with Gasteiger partial charge in [-0.15, -0.1) is 0 Å². The van der Waals surface area contributed by atoms with Crippen molar-refractivity contribution in [2.24, 2.45) is 0 Å². The Balaban J connectivity index is 1.20. The number of aliphatic hydroxyl groups excluding tert-OH is 2. The fraction of sp³-hybridized carbons (Fsp3) is 0.192. The molecule has 0 saturated heterocycles. The molecular weight excluding hydrogens is 423 g/mol. The molecule has 0 spiro atoms. The van der Waals surface area contributed by atoms with Crippen LogP contribution in [0.5, 0.6) is 0 Å². The Bertz CT molecular complexity index is 1270. The van der Waals surface area contributed by atoms with E-state index in [0.29, 0.717) is 16.5 Å². The first-order chi connectivity index (χ1) is 16.0. The number of carbonyl (C=O) groups excluding carboxylic acids is 1. The molecule has 33 heavy (non-hydrogen) atoms. The SMILES string of the molecule is O=C(NCC(O)C(O)c1c[nH]c2cc(F)ccc12)OCC1c2ccccc2-c2ccccc21. The highest BCUT2D eigenvalue weighted by molar-refractivity contribution is 5.83. The van der Waals surface area contributed by atoms with Crippen LogP contribution < -0.4 is 5.32 Å². The number of aromatic nitrogens is 1. The fourth-order valence-electron chi connectivity index (χ4n) is 4.52. The van der Waals surface area contributed by atoms with Gasteiger partial charge in [-0.05, 0) is 40.5 Å². The van der Waals surface area contributed by atoms with Crippen molar-refractivity contribution < 1.29 is 24.1 Å². The summed E-state index contributed by atoms with van der Waals surface area (Å²) >= 11 is 0. The molecular formula is C26H23FN2O4. The van der Waals surface area contributed by atoms with Crippen molar-refractivity contribution in [2.45, 2.75) is 18.1 Å². The molecule has 0 aliphatic heterocycles. The number of rotatable bonds is 6. The van der Waals surface area contributed by atoms with Crippen LogP contribution in [0.15, 0.2) is 72.9 Å². The van der Waals surface area contributed by atoms with Gasteiger partial charge in [-0.3, -0.25) is 0 Å². The molecule has 0 radical (unpaired) electrons. The maximum absolute atomic E-state index is 13.4. The van der Waals surface area contributed by atoms with Crippen LogP contribution in [0.25, 0.3) is 22.0 Å². The topological polar surface area (TPSA) is 94.6 Å². The molecule has 1 heterocycles. The van der Waals surface area contributed by atoms with E-state index in [1.54, 1.807) is 0 Å². The van der Waals surface area contributed by atoms with Gasteiger partial charge in [-0.25, -0.2) is 9.18 Å². The lowest BCUT2D eigenvalue weighted by molar-refractivity contribution is 0.0194. The number of hydrogen-bond donors (Lipinski definition) is 4. The predicted octanol–water partition coefficient (Wildman–Crippen LogP) is 4.24. The maximum Gasteiger partial charge on any atom is 0.407 e. The number of amides is 1. The molecule has 0 bridgehead atoms. The summed E-state index contributed by atoms with van der Waals surface area (Å²) in [4.78, 5) is 15.2. The number of halogens is 1. The van der Waals surface area contributed by atoms with Gasteiger partial charge in [0, 0.05) is 35.1 Å². The summed E-state index contributed by atoms with van der Waals surface area (Å²) in [5, 5.41) is 24.0. The Morgan fingerprint density at radius 2 is 1.70 bits per heavy atom. The summed E-state index contributed by atoms with van der Waals surface area (Å²) in [7, 11) is 0. The van der Waals surface area contributed by atoms with Crippen LogP contribution in [0, 0.1) is 5.82 Å². The zero-order valence-electron chi connectivity index (χ0n) is 17.7. The van der Waals surface area contributed by atoms with E-state index in [1.807, 2.05) is 36.4 Å². The largest absolute Gasteiger partial charge is 0.449 e. The van der Waals surface area contributed by atoms with E-state index < -0.39 is 24.1 Å². The molecule has 0 saturated carbocycles. The number of nitrogens with one attached hydrogen (secondary N) is 2. The van der Waals surface area contributed by atoms with Crippen LogP contribution in [-0.4, -0.2) is 40.5 Å². The van der Waals surface area contributed by atoms with Crippen molar-refractivity contribution >= 4 is 17.0 Å². The van der Waals surface area contributed by atoms with E-state index in [4.69, 9.17) is 4.74 Å². The van der Waals surface area contributed by atoms with Crippen molar-refractivity contribution in [3.05, 3.63) is 95.4 Å². The van der Waals surface area contributed by atoms with E-state index in [0.717, 1.165) is 22.3 Å². The quantitative estimate of drug-likeness (QED) is 0.356. The van der Waals surface area contributed by atoms with Crippen LogP contribution in [-0.2, 0) is 4.74 Å². The summed E-state index contributed by atoms with van der Waals surface area (Å²) in [5.41, 5.74) is 5.43. The highest BCUT2D eigenvalue weighted by Crippen LogP contribution is 2.44. The zero-order valence-corrected chi connectivity index (χ0v) is 17.7. The van der Waals surface area contributed by atoms with Gasteiger partial charge < -0.3 is 25.3 Å². The van der Waals surface area contributed by atoms with Gasteiger partial charge >= 0.3 is 6.09 Å². The van der Waals surface area contributed by atoms with Crippen molar-refractivity contribution in [3.63, 3.8) is 0 Å². The minimum Gasteiger partial charge on any atom is -0.449 e. The van der Waals surface area contributed by atoms with E-state index in [-0.39, 0.29) is 19.1 Å². The third-order valence-corrected chi connectivity index (χ3v) is 6.16. The van der Waals surface area contributed by atoms with Gasteiger partial charge in [0.2, 0.25) is 0 Å².